The van der Waals surface area contributed by atoms with Crippen LogP contribution in [0.4, 0.5) is 5.95 Å². The highest BCUT2D eigenvalue weighted by Gasteiger charge is 2.01. The van der Waals surface area contributed by atoms with E-state index < -0.39 is 0 Å². The number of aryl methyl sites for hydroxylation is 1. The molecule has 0 unspecified atom stereocenters. The van der Waals surface area contributed by atoms with Crippen molar-refractivity contribution in [2.75, 3.05) is 18.5 Å². The number of rotatable bonds is 3. The number of aliphatic hydroxyl groups excluding tert-OH is 1. The molecule has 1 rings (SSSR count). The second-order valence-corrected chi connectivity index (χ2v) is 2.78. The Balaban J connectivity index is 2.93. The number of nitrogens with one attached hydrogen (secondary N) is 2. The number of aromatic amines is 1. The molecule has 1 aromatic heterocycles. The van der Waals surface area contributed by atoms with Gasteiger partial charge in [-0.2, -0.15) is 0 Å². The van der Waals surface area contributed by atoms with Crippen molar-refractivity contribution in [1.82, 2.24) is 9.97 Å². The van der Waals surface area contributed by atoms with Gasteiger partial charge in [-0.05, 0) is 13.8 Å². The van der Waals surface area contributed by atoms with E-state index in [1.165, 1.54) is 0 Å². The van der Waals surface area contributed by atoms with Gasteiger partial charge in [0, 0.05) is 17.8 Å². The molecular weight excluding hydrogens is 170 g/mol. The van der Waals surface area contributed by atoms with Crippen molar-refractivity contribution in [1.29, 1.82) is 0 Å². The monoisotopic (exact) mass is 183 g/mol. The molecule has 5 heteroatoms. The number of hydrogen-bond donors (Lipinski definition) is 3. The molecule has 3 N–H and O–H groups in total. The van der Waals surface area contributed by atoms with Gasteiger partial charge in [-0.3, -0.25) is 9.78 Å². The molecule has 0 amide bonds. The summed E-state index contributed by atoms with van der Waals surface area (Å²) in [5.41, 5.74) is 1.17. The summed E-state index contributed by atoms with van der Waals surface area (Å²) in [6.45, 7) is 3.88. The zero-order valence-corrected chi connectivity index (χ0v) is 7.72. The lowest BCUT2D eigenvalue weighted by molar-refractivity contribution is 0.310. The van der Waals surface area contributed by atoms with Crippen molar-refractivity contribution in [2.24, 2.45) is 0 Å². The molecule has 13 heavy (non-hydrogen) atoms. The van der Waals surface area contributed by atoms with Crippen molar-refractivity contribution < 1.29 is 5.11 Å². The molecule has 5 nitrogen and oxygen atoms in total. The topological polar surface area (TPSA) is 78.0 Å². The van der Waals surface area contributed by atoms with Crippen molar-refractivity contribution in [2.45, 2.75) is 13.8 Å². The zero-order valence-electron chi connectivity index (χ0n) is 7.72. The van der Waals surface area contributed by atoms with Crippen LogP contribution in [0.15, 0.2) is 4.79 Å². The second kappa shape index (κ2) is 4.04. The average Bonchev–Trinajstić information content (AvgIpc) is 2.10. The Morgan fingerprint density at radius 3 is 2.77 bits per heavy atom. The summed E-state index contributed by atoms with van der Waals surface area (Å²) in [7, 11) is 0. The average molecular weight is 183 g/mol. The van der Waals surface area contributed by atoms with Gasteiger partial charge < -0.3 is 10.4 Å². The molecule has 0 aliphatic rings. The van der Waals surface area contributed by atoms with Gasteiger partial charge in [0.25, 0.3) is 5.56 Å². The highest BCUT2D eigenvalue weighted by Crippen LogP contribution is 1.99. The molecule has 0 radical (unpaired) electrons. The molecule has 0 bridgehead atoms. The van der Waals surface area contributed by atoms with Gasteiger partial charge in [-0.25, -0.2) is 4.98 Å². The maximum Gasteiger partial charge on any atom is 0.255 e. The van der Waals surface area contributed by atoms with Crippen LogP contribution >= 0.6 is 0 Å². The summed E-state index contributed by atoms with van der Waals surface area (Å²) in [5, 5.41) is 11.3. The molecule has 0 atom stereocenters. The quantitative estimate of drug-likeness (QED) is 0.606. The first-order valence-corrected chi connectivity index (χ1v) is 4.07. The standard InChI is InChI=1S/C8H13N3O2/c1-5-6(2)10-8(9-3-4-12)11-7(5)13/h12H,3-4H2,1-2H3,(H2,9,10,11,13). The summed E-state index contributed by atoms with van der Waals surface area (Å²) >= 11 is 0. The molecule has 1 heterocycles. The number of aromatic nitrogens is 2. The summed E-state index contributed by atoms with van der Waals surface area (Å²) < 4.78 is 0. The van der Waals surface area contributed by atoms with Crippen LogP contribution < -0.4 is 10.9 Å². The molecule has 1 aromatic rings. The summed E-state index contributed by atoms with van der Waals surface area (Å²) in [6, 6.07) is 0. The lowest BCUT2D eigenvalue weighted by atomic mass is 10.3. The number of anilines is 1. The summed E-state index contributed by atoms with van der Waals surface area (Å²) in [6.07, 6.45) is 0. The van der Waals surface area contributed by atoms with Crippen LogP contribution in [0.3, 0.4) is 0 Å². The van der Waals surface area contributed by atoms with E-state index in [0.29, 0.717) is 23.8 Å². The molecule has 0 aliphatic heterocycles. The highest BCUT2D eigenvalue weighted by atomic mass is 16.3. The van der Waals surface area contributed by atoms with Gasteiger partial charge in [0.1, 0.15) is 0 Å². The van der Waals surface area contributed by atoms with Gasteiger partial charge in [0.05, 0.1) is 6.61 Å². The summed E-state index contributed by atoms with van der Waals surface area (Å²) in [5.74, 6) is 0.405. The van der Waals surface area contributed by atoms with E-state index in [2.05, 4.69) is 15.3 Å². The fourth-order valence-electron chi connectivity index (χ4n) is 0.903. The predicted octanol–water partition coefficient (Wildman–Crippen LogP) is -0.209. The number of aliphatic hydroxyl groups is 1. The van der Waals surface area contributed by atoms with Crippen LogP contribution in [0.2, 0.25) is 0 Å². The SMILES string of the molecule is Cc1nc(NCCO)[nH]c(=O)c1C. The van der Waals surface area contributed by atoms with Gasteiger partial charge in [-0.15, -0.1) is 0 Å². The van der Waals surface area contributed by atoms with Crippen LogP contribution in [-0.4, -0.2) is 28.2 Å². The van der Waals surface area contributed by atoms with Gasteiger partial charge in [0.15, 0.2) is 0 Å². The molecular formula is C8H13N3O2. The number of H-pyrrole nitrogens is 1. The third-order valence-corrected chi connectivity index (χ3v) is 1.80. The van der Waals surface area contributed by atoms with E-state index in [-0.39, 0.29) is 12.2 Å². The Bertz CT molecular complexity index is 346. The van der Waals surface area contributed by atoms with E-state index in [9.17, 15) is 4.79 Å². The van der Waals surface area contributed by atoms with Crippen LogP contribution in [0.1, 0.15) is 11.3 Å². The fourth-order valence-corrected chi connectivity index (χ4v) is 0.903. The Kier molecular flexibility index (Phi) is 3.02. The largest absolute Gasteiger partial charge is 0.395 e. The molecule has 0 aromatic carbocycles. The Labute approximate surface area is 75.8 Å². The summed E-state index contributed by atoms with van der Waals surface area (Å²) in [4.78, 5) is 17.9. The molecule has 0 spiro atoms. The lowest BCUT2D eigenvalue weighted by Crippen LogP contribution is -2.18. The van der Waals surface area contributed by atoms with E-state index >= 15 is 0 Å². The van der Waals surface area contributed by atoms with E-state index in [0.717, 1.165) is 0 Å². The van der Waals surface area contributed by atoms with Crippen LogP contribution in [0, 0.1) is 13.8 Å². The van der Waals surface area contributed by atoms with Crippen LogP contribution in [0.5, 0.6) is 0 Å². The van der Waals surface area contributed by atoms with Gasteiger partial charge >= 0.3 is 0 Å². The molecule has 0 fully saturated rings. The van der Waals surface area contributed by atoms with Crippen molar-refractivity contribution in [3.05, 3.63) is 21.6 Å². The van der Waals surface area contributed by atoms with E-state index in [1.807, 2.05) is 0 Å². The third kappa shape index (κ3) is 2.29. The lowest BCUT2D eigenvalue weighted by Gasteiger charge is -2.04. The highest BCUT2D eigenvalue weighted by molar-refractivity contribution is 5.28. The number of hydrogen-bond acceptors (Lipinski definition) is 4. The third-order valence-electron chi connectivity index (χ3n) is 1.80. The molecule has 72 valence electrons. The molecule has 0 saturated carbocycles. The van der Waals surface area contributed by atoms with Crippen molar-refractivity contribution in [3.63, 3.8) is 0 Å². The van der Waals surface area contributed by atoms with Crippen molar-refractivity contribution in [3.8, 4) is 0 Å². The minimum atomic E-state index is -0.145. The minimum absolute atomic E-state index is 0.0106. The maximum absolute atomic E-state index is 11.2. The van der Waals surface area contributed by atoms with Crippen molar-refractivity contribution >= 4 is 5.95 Å². The van der Waals surface area contributed by atoms with Crippen LogP contribution in [-0.2, 0) is 0 Å². The van der Waals surface area contributed by atoms with E-state index in [4.69, 9.17) is 5.11 Å². The minimum Gasteiger partial charge on any atom is -0.395 e. The zero-order chi connectivity index (χ0) is 9.84. The normalized spacial score (nSPS) is 10.1. The molecule has 0 saturated heterocycles. The number of nitrogens with zero attached hydrogens (tertiary/aromatic N) is 1. The Hall–Kier alpha value is -1.36. The van der Waals surface area contributed by atoms with Crippen LogP contribution in [0.25, 0.3) is 0 Å². The predicted molar refractivity (Wildman–Crippen MR) is 49.9 cm³/mol. The first-order chi connectivity index (χ1) is 6.15. The van der Waals surface area contributed by atoms with E-state index in [1.54, 1.807) is 13.8 Å². The Morgan fingerprint density at radius 1 is 1.54 bits per heavy atom. The fraction of sp³-hybridized carbons (Fsp3) is 0.500. The van der Waals surface area contributed by atoms with Gasteiger partial charge in [0.2, 0.25) is 5.95 Å². The Morgan fingerprint density at radius 2 is 2.23 bits per heavy atom. The maximum atomic E-state index is 11.2. The smallest absolute Gasteiger partial charge is 0.255 e. The second-order valence-electron chi connectivity index (χ2n) is 2.78. The van der Waals surface area contributed by atoms with Gasteiger partial charge in [-0.1, -0.05) is 0 Å². The first kappa shape index (κ1) is 9.73. The molecule has 0 aliphatic carbocycles. The first-order valence-electron chi connectivity index (χ1n) is 4.07.